The molecule has 4 nitrogen and oxygen atoms in total. The fourth-order valence-electron chi connectivity index (χ4n) is 1.56. The third kappa shape index (κ3) is 3.04. The van der Waals surface area contributed by atoms with Gasteiger partial charge in [-0.3, -0.25) is 4.55 Å². The second kappa shape index (κ2) is 4.95. The molecule has 0 saturated carbocycles. The highest BCUT2D eigenvalue weighted by atomic mass is 32.2. The van der Waals surface area contributed by atoms with E-state index in [9.17, 15) is 8.42 Å². The Kier molecular flexibility index (Phi) is 4.07. The summed E-state index contributed by atoms with van der Waals surface area (Å²) >= 11 is 0. The smallest absolute Gasteiger partial charge is 0.294 e. The van der Waals surface area contributed by atoms with Gasteiger partial charge in [-0.25, -0.2) is 0 Å². The number of hydrogen-bond donors (Lipinski definition) is 1. The van der Waals surface area contributed by atoms with Gasteiger partial charge in [0.05, 0.1) is 11.0 Å². The molecule has 1 unspecified atom stereocenters. The molecule has 0 bridgehead atoms. The van der Waals surface area contributed by atoms with E-state index in [1.54, 1.807) is 19.1 Å². The summed E-state index contributed by atoms with van der Waals surface area (Å²) in [4.78, 5) is -0.0842. The quantitative estimate of drug-likeness (QED) is 0.826. The molecule has 90 valence electrons. The molecule has 0 saturated heterocycles. The van der Waals surface area contributed by atoms with Crippen LogP contribution in [0.15, 0.2) is 23.1 Å². The third-order valence-corrected chi connectivity index (χ3v) is 3.23. The fourth-order valence-corrected chi connectivity index (χ4v) is 2.32. The molecule has 1 aromatic rings. The molecule has 0 aliphatic rings. The average Bonchev–Trinajstić information content (AvgIpc) is 2.16. The van der Waals surface area contributed by atoms with Crippen molar-refractivity contribution in [3.63, 3.8) is 0 Å². The SMILES string of the molecule is CCOC(C)c1cc(C)ccc1S(=O)(=O)O. The molecule has 0 fully saturated rings. The summed E-state index contributed by atoms with van der Waals surface area (Å²) in [5, 5.41) is 0. The van der Waals surface area contributed by atoms with Crippen LogP contribution in [0, 0.1) is 6.92 Å². The Morgan fingerprint density at radius 1 is 1.44 bits per heavy atom. The van der Waals surface area contributed by atoms with Gasteiger partial charge < -0.3 is 4.74 Å². The summed E-state index contributed by atoms with van der Waals surface area (Å²) in [6.07, 6.45) is -0.359. The van der Waals surface area contributed by atoms with Crippen LogP contribution < -0.4 is 0 Å². The standard InChI is InChI=1S/C11H16O4S/c1-4-15-9(3)10-7-8(2)5-6-11(10)16(12,13)14/h5-7,9H,4H2,1-3H3,(H,12,13,14). The van der Waals surface area contributed by atoms with Gasteiger partial charge in [-0.05, 0) is 26.8 Å². The van der Waals surface area contributed by atoms with Gasteiger partial charge in [-0.2, -0.15) is 8.42 Å². The van der Waals surface area contributed by atoms with Gasteiger partial charge in [0.15, 0.2) is 0 Å². The molecule has 16 heavy (non-hydrogen) atoms. The topological polar surface area (TPSA) is 63.6 Å². The molecule has 1 rings (SSSR count). The Labute approximate surface area is 96.0 Å². The first-order valence-electron chi connectivity index (χ1n) is 5.06. The van der Waals surface area contributed by atoms with E-state index in [-0.39, 0.29) is 11.0 Å². The molecule has 1 atom stereocenters. The highest BCUT2D eigenvalue weighted by molar-refractivity contribution is 7.85. The second-order valence-electron chi connectivity index (χ2n) is 3.61. The van der Waals surface area contributed by atoms with Crippen molar-refractivity contribution in [1.82, 2.24) is 0 Å². The van der Waals surface area contributed by atoms with E-state index in [1.807, 2.05) is 13.8 Å². The van der Waals surface area contributed by atoms with E-state index in [1.165, 1.54) is 6.07 Å². The molecule has 0 aromatic heterocycles. The lowest BCUT2D eigenvalue weighted by Gasteiger charge is -2.15. The highest BCUT2D eigenvalue weighted by Crippen LogP contribution is 2.25. The predicted octanol–water partition coefficient (Wildman–Crippen LogP) is 2.34. The normalized spacial score (nSPS) is 13.8. The summed E-state index contributed by atoms with van der Waals surface area (Å²) in [5.74, 6) is 0. The number of aryl methyl sites for hydroxylation is 1. The first kappa shape index (κ1) is 13.2. The first-order chi connectivity index (χ1) is 7.36. The maximum atomic E-state index is 11.2. The van der Waals surface area contributed by atoms with Crippen LogP contribution >= 0.6 is 0 Å². The molecule has 0 heterocycles. The van der Waals surface area contributed by atoms with E-state index >= 15 is 0 Å². The van der Waals surface area contributed by atoms with Crippen molar-refractivity contribution < 1.29 is 17.7 Å². The van der Waals surface area contributed by atoms with Crippen molar-refractivity contribution in [2.45, 2.75) is 31.8 Å². The minimum atomic E-state index is -4.19. The van der Waals surface area contributed by atoms with Crippen LogP contribution in [0.2, 0.25) is 0 Å². The summed E-state index contributed by atoms with van der Waals surface area (Å²) in [5.41, 5.74) is 1.42. The second-order valence-corrected chi connectivity index (χ2v) is 5.00. The Balaban J connectivity index is 3.29. The molecule has 5 heteroatoms. The van der Waals surface area contributed by atoms with Gasteiger partial charge >= 0.3 is 0 Å². The minimum Gasteiger partial charge on any atom is -0.374 e. The molecular formula is C11H16O4S. The average molecular weight is 244 g/mol. The van der Waals surface area contributed by atoms with E-state index < -0.39 is 10.1 Å². The molecule has 0 spiro atoms. The third-order valence-electron chi connectivity index (χ3n) is 2.30. The van der Waals surface area contributed by atoms with Crippen LogP contribution in [0.1, 0.15) is 31.1 Å². The van der Waals surface area contributed by atoms with E-state index in [0.717, 1.165) is 5.56 Å². The Morgan fingerprint density at radius 2 is 2.06 bits per heavy atom. The lowest BCUT2D eigenvalue weighted by atomic mass is 10.1. The van der Waals surface area contributed by atoms with Crippen molar-refractivity contribution in [3.05, 3.63) is 29.3 Å². The number of ether oxygens (including phenoxy) is 1. The maximum absolute atomic E-state index is 11.2. The van der Waals surface area contributed by atoms with Crippen LogP contribution in [0.4, 0.5) is 0 Å². The van der Waals surface area contributed by atoms with Crippen LogP contribution in [0.5, 0.6) is 0 Å². The van der Waals surface area contributed by atoms with Crippen molar-refractivity contribution in [1.29, 1.82) is 0 Å². The van der Waals surface area contributed by atoms with Crippen molar-refractivity contribution in [3.8, 4) is 0 Å². The zero-order chi connectivity index (χ0) is 12.3. The first-order valence-corrected chi connectivity index (χ1v) is 6.50. The summed E-state index contributed by atoms with van der Waals surface area (Å²) in [7, 11) is -4.19. The molecular weight excluding hydrogens is 228 g/mol. The Bertz CT molecular complexity index is 465. The van der Waals surface area contributed by atoms with Gasteiger partial charge in [-0.15, -0.1) is 0 Å². The van der Waals surface area contributed by atoms with Gasteiger partial charge in [0.25, 0.3) is 10.1 Å². The lowest BCUT2D eigenvalue weighted by Crippen LogP contribution is -2.08. The van der Waals surface area contributed by atoms with Gasteiger partial charge in [0.1, 0.15) is 0 Å². The molecule has 0 radical (unpaired) electrons. The van der Waals surface area contributed by atoms with Crippen LogP contribution in [0.3, 0.4) is 0 Å². The molecule has 0 amide bonds. The Morgan fingerprint density at radius 3 is 2.56 bits per heavy atom. The molecule has 1 aromatic carbocycles. The number of hydrogen-bond acceptors (Lipinski definition) is 3. The lowest BCUT2D eigenvalue weighted by molar-refractivity contribution is 0.0743. The zero-order valence-electron chi connectivity index (χ0n) is 9.60. The van der Waals surface area contributed by atoms with Crippen LogP contribution in [0.25, 0.3) is 0 Å². The fraction of sp³-hybridized carbons (Fsp3) is 0.455. The van der Waals surface area contributed by atoms with Crippen LogP contribution in [-0.2, 0) is 14.9 Å². The largest absolute Gasteiger partial charge is 0.374 e. The van der Waals surface area contributed by atoms with Crippen molar-refractivity contribution >= 4 is 10.1 Å². The van der Waals surface area contributed by atoms with Gasteiger partial charge in [0.2, 0.25) is 0 Å². The molecule has 0 aliphatic carbocycles. The summed E-state index contributed by atoms with van der Waals surface area (Å²) in [6.45, 7) is 5.93. The van der Waals surface area contributed by atoms with Crippen molar-refractivity contribution in [2.75, 3.05) is 6.61 Å². The zero-order valence-corrected chi connectivity index (χ0v) is 10.4. The monoisotopic (exact) mass is 244 g/mol. The van der Waals surface area contributed by atoms with Crippen molar-refractivity contribution in [2.24, 2.45) is 0 Å². The summed E-state index contributed by atoms with van der Waals surface area (Å²) in [6, 6.07) is 4.75. The van der Waals surface area contributed by atoms with E-state index in [4.69, 9.17) is 9.29 Å². The molecule has 1 N–H and O–H groups in total. The van der Waals surface area contributed by atoms with E-state index in [0.29, 0.717) is 12.2 Å². The summed E-state index contributed by atoms with van der Waals surface area (Å²) < 4.78 is 36.8. The minimum absolute atomic E-state index is 0.0842. The Hall–Kier alpha value is -0.910. The number of rotatable bonds is 4. The van der Waals surface area contributed by atoms with Gasteiger partial charge in [-0.1, -0.05) is 17.7 Å². The van der Waals surface area contributed by atoms with E-state index in [2.05, 4.69) is 0 Å². The molecule has 0 aliphatic heterocycles. The maximum Gasteiger partial charge on any atom is 0.294 e. The van der Waals surface area contributed by atoms with Crippen LogP contribution in [-0.4, -0.2) is 19.6 Å². The highest BCUT2D eigenvalue weighted by Gasteiger charge is 2.19. The van der Waals surface area contributed by atoms with Gasteiger partial charge in [0, 0.05) is 12.2 Å². The predicted molar refractivity (Wildman–Crippen MR) is 61.0 cm³/mol. The number of benzene rings is 1.